The first-order chi connectivity index (χ1) is 14.3. The molecule has 1 N–H and O–H groups in total. The van der Waals surface area contributed by atoms with Gasteiger partial charge in [-0.15, -0.1) is 35.3 Å². The van der Waals surface area contributed by atoms with Crippen molar-refractivity contribution in [2.45, 2.75) is 19.5 Å². The molecule has 1 aliphatic heterocycles. The Morgan fingerprint density at radius 3 is 2.67 bits per heavy atom. The minimum Gasteiger partial charge on any atom is -0.493 e. The molecule has 0 bridgehead atoms. The van der Waals surface area contributed by atoms with Gasteiger partial charge in [0, 0.05) is 71.3 Å². The fourth-order valence-corrected chi connectivity index (χ4v) is 4.14. The highest BCUT2D eigenvalue weighted by molar-refractivity contribution is 14.0. The van der Waals surface area contributed by atoms with Gasteiger partial charge in [-0.3, -0.25) is 9.89 Å². The predicted molar refractivity (Wildman–Crippen MR) is 135 cm³/mol. The van der Waals surface area contributed by atoms with E-state index in [0.29, 0.717) is 6.61 Å². The van der Waals surface area contributed by atoms with Gasteiger partial charge in [-0.25, -0.2) is 0 Å². The largest absolute Gasteiger partial charge is 0.493 e. The predicted octanol–water partition coefficient (Wildman–Crippen LogP) is 3.67. The zero-order valence-corrected chi connectivity index (χ0v) is 21.0. The maximum absolute atomic E-state index is 5.80. The number of rotatable bonds is 9. The quantitative estimate of drug-likeness (QED) is 0.226. The molecule has 0 saturated carbocycles. The Morgan fingerprint density at radius 2 is 1.97 bits per heavy atom. The number of nitrogens with one attached hydrogen (secondary N) is 1. The molecule has 0 unspecified atom stereocenters. The van der Waals surface area contributed by atoms with E-state index in [-0.39, 0.29) is 24.0 Å². The van der Waals surface area contributed by atoms with E-state index in [1.54, 1.807) is 7.11 Å². The summed E-state index contributed by atoms with van der Waals surface area (Å²) in [5.74, 6) is 1.87. The first-order valence-corrected chi connectivity index (χ1v) is 11.1. The molecule has 1 fully saturated rings. The van der Waals surface area contributed by atoms with Crippen LogP contribution in [0.1, 0.15) is 16.9 Å². The second-order valence-corrected chi connectivity index (χ2v) is 8.12. The molecule has 2 aromatic rings. The van der Waals surface area contributed by atoms with Gasteiger partial charge in [0.25, 0.3) is 0 Å². The molecular formula is C22H33IN4O2S. The van der Waals surface area contributed by atoms with Crippen molar-refractivity contribution in [2.75, 3.05) is 53.6 Å². The minimum absolute atomic E-state index is 0. The molecule has 1 aromatic carbocycles. The van der Waals surface area contributed by atoms with E-state index >= 15 is 0 Å². The summed E-state index contributed by atoms with van der Waals surface area (Å²) in [5.41, 5.74) is 1.19. The molecule has 0 atom stereocenters. The van der Waals surface area contributed by atoms with Crippen LogP contribution in [0.2, 0.25) is 0 Å². The van der Waals surface area contributed by atoms with Gasteiger partial charge >= 0.3 is 0 Å². The number of ether oxygens (including phenoxy) is 2. The van der Waals surface area contributed by atoms with Crippen molar-refractivity contribution in [2.24, 2.45) is 4.99 Å². The Bertz CT molecular complexity index is 749. The molecule has 1 aromatic heterocycles. The van der Waals surface area contributed by atoms with E-state index in [0.717, 1.165) is 64.0 Å². The number of hydrogen-bond donors (Lipinski definition) is 1. The molecule has 0 aliphatic carbocycles. The summed E-state index contributed by atoms with van der Waals surface area (Å²) in [6.07, 6.45) is 0.893. The zero-order valence-electron chi connectivity index (χ0n) is 17.9. The average Bonchev–Trinajstić information content (AvgIpc) is 3.26. The number of hydrogen-bond acceptors (Lipinski definition) is 5. The van der Waals surface area contributed by atoms with Crippen molar-refractivity contribution in [1.82, 2.24) is 15.1 Å². The number of thiophene rings is 1. The molecule has 1 aliphatic rings. The summed E-state index contributed by atoms with van der Waals surface area (Å²) < 4.78 is 10.9. The van der Waals surface area contributed by atoms with Crippen LogP contribution < -0.4 is 10.1 Å². The smallest absolute Gasteiger partial charge is 0.194 e. The Hall–Kier alpha value is -1.36. The van der Waals surface area contributed by atoms with E-state index in [1.165, 1.54) is 10.4 Å². The van der Waals surface area contributed by atoms with Gasteiger partial charge in [0.15, 0.2) is 5.96 Å². The third-order valence-corrected chi connectivity index (χ3v) is 5.81. The Morgan fingerprint density at radius 1 is 1.13 bits per heavy atom. The van der Waals surface area contributed by atoms with E-state index in [4.69, 9.17) is 9.47 Å². The van der Waals surface area contributed by atoms with Gasteiger partial charge in [0.1, 0.15) is 5.75 Å². The maximum Gasteiger partial charge on any atom is 0.194 e. The lowest BCUT2D eigenvalue weighted by molar-refractivity contribution is 0.172. The van der Waals surface area contributed by atoms with E-state index in [9.17, 15) is 0 Å². The highest BCUT2D eigenvalue weighted by Crippen LogP contribution is 2.15. The van der Waals surface area contributed by atoms with Crippen LogP contribution in [0, 0.1) is 0 Å². The van der Waals surface area contributed by atoms with Crippen molar-refractivity contribution in [1.29, 1.82) is 0 Å². The Balaban J connectivity index is 0.00000320. The van der Waals surface area contributed by atoms with Gasteiger partial charge in [-0.2, -0.15) is 0 Å². The normalized spacial score (nSPS) is 15.0. The Labute approximate surface area is 201 Å². The fourth-order valence-electron chi connectivity index (χ4n) is 3.39. The van der Waals surface area contributed by atoms with Gasteiger partial charge in [0.2, 0.25) is 0 Å². The second kappa shape index (κ2) is 13.8. The van der Waals surface area contributed by atoms with Gasteiger partial charge in [0.05, 0.1) is 6.61 Å². The highest BCUT2D eigenvalue weighted by Gasteiger charge is 2.19. The van der Waals surface area contributed by atoms with E-state index in [2.05, 4.69) is 49.8 Å². The lowest BCUT2D eigenvalue weighted by Crippen LogP contribution is -2.51. The van der Waals surface area contributed by atoms with Gasteiger partial charge < -0.3 is 19.7 Å². The molecule has 2 heterocycles. The maximum atomic E-state index is 5.80. The molecule has 8 heteroatoms. The third kappa shape index (κ3) is 8.05. The molecule has 166 valence electrons. The highest BCUT2D eigenvalue weighted by atomic mass is 127. The number of methoxy groups -OCH3 is 1. The van der Waals surface area contributed by atoms with Crippen molar-refractivity contribution in [3.8, 4) is 5.75 Å². The molecular weight excluding hydrogens is 511 g/mol. The fraction of sp³-hybridized carbons (Fsp3) is 0.500. The van der Waals surface area contributed by atoms with Crippen LogP contribution in [0.3, 0.4) is 0 Å². The molecule has 6 nitrogen and oxygen atoms in total. The van der Waals surface area contributed by atoms with Crippen LogP contribution in [-0.4, -0.2) is 69.3 Å². The molecule has 3 rings (SSSR count). The number of nitrogens with zero attached hydrogens (tertiary/aromatic N) is 3. The Kier molecular flexibility index (Phi) is 11.5. The van der Waals surface area contributed by atoms with Crippen LogP contribution in [-0.2, 0) is 17.8 Å². The molecule has 0 spiro atoms. The summed E-state index contributed by atoms with van der Waals surface area (Å²) in [5, 5.41) is 5.65. The van der Waals surface area contributed by atoms with Crippen molar-refractivity contribution < 1.29 is 9.47 Å². The van der Waals surface area contributed by atoms with Gasteiger partial charge in [-0.05, 0) is 29.1 Å². The van der Waals surface area contributed by atoms with Crippen molar-refractivity contribution in [3.05, 3.63) is 52.2 Å². The first-order valence-electron chi connectivity index (χ1n) is 10.2. The van der Waals surface area contributed by atoms with Crippen LogP contribution in [0.25, 0.3) is 0 Å². The third-order valence-electron chi connectivity index (χ3n) is 4.95. The summed E-state index contributed by atoms with van der Waals surface area (Å²) in [7, 11) is 3.57. The molecule has 1 saturated heterocycles. The summed E-state index contributed by atoms with van der Waals surface area (Å²) in [6, 6.07) is 12.6. The van der Waals surface area contributed by atoms with Crippen LogP contribution in [0.15, 0.2) is 46.8 Å². The van der Waals surface area contributed by atoms with Crippen molar-refractivity contribution in [3.63, 3.8) is 0 Å². The monoisotopic (exact) mass is 544 g/mol. The minimum atomic E-state index is 0. The van der Waals surface area contributed by atoms with Crippen molar-refractivity contribution >= 4 is 41.3 Å². The van der Waals surface area contributed by atoms with E-state index in [1.807, 2.05) is 30.5 Å². The number of piperazine rings is 1. The number of benzene rings is 1. The second-order valence-electron chi connectivity index (χ2n) is 7.09. The lowest BCUT2D eigenvalue weighted by atomic mass is 10.2. The van der Waals surface area contributed by atoms with Crippen LogP contribution in [0.4, 0.5) is 0 Å². The van der Waals surface area contributed by atoms with E-state index < -0.39 is 0 Å². The number of aliphatic imine (C=N–C) groups is 1. The van der Waals surface area contributed by atoms with Crippen LogP contribution >= 0.6 is 35.3 Å². The number of guanidine groups is 1. The zero-order chi connectivity index (χ0) is 20.3. The standard InChI is InChI=1S/C22H32N4O2S.HI/c1-23-22(26-11-9-25(10-12-26)18-21-8-4-15-29-21)24-17-19-6-3-7-20(16-19)28-14-5-13-27-2;/h3-4,6-8,15-16H,5,9-14,17-18H2,1-2H3,(H,23,24);1H. The molecule has 0 radical (unpaired) electrons. The van der Waals surface area contributed by atoms with Gasteiger partial charge in [-0.1, -0.05) is 18.2 Å². The summed E-state index contributed by atoms with van der Waals surface area (Å²) in [6.45, 7) is 7.28. The molecule has 0 amide bonds. The van der Waals surface area contributed by atoms with Crippen LogP contribution in [0.5, 0.6) is 5.75 Å². The first kappa shape index (κ1) is 24.9. The SMILES string of the molecule is CN=C(NCc1cccc(OCCCOC)c1)N1CCN(Cc2cccs2)CC1.I. The summed E-state index contributed by atoms with van der Waals surface area (Å²) in [4.78, 5) is 10.8. The lowest BCUT2D eigenvalue weighted by Gasteiger charge is -2.36. The topological polar surface area (TPSA) is 49.3 Å². The average molecular weight is 545 g/mol. The number of halogens is 1. The molecule has 30 heavy (non-hydrogen) atoms. The summed E-state index contributed by atoms with van der Waals surface area (Å²) >= 11 is 1.83.